The average molecular weight is 349 g/mol. The van der Waals surface area contributed by atoms with Crippen LogP contribution in [-0.2, 0) is 4.79 Å². The van der Waals surface area contributed by atoms with Gasteiger partial charge >= 0.3 is 5.97 Å². The van der Waals surface area contributed by atoms with Crippen LogP contribution in [0.3, 0.4) is 0 Å². The molecule has 0 amide bonds. The third-order valence-electron chi connectivity index (χ3n) is 4.37. The van der Waals surface area contributed by atoms with E-state index in [1.807, 2.05) is 13.8 Å². The van der Waals surface area contributed by atoms with Gasteiger partial charge in [-0.25, -0.2) is 0 Å². The van der Waals surface area contributed by atoms with E-state index in [1.165, 1.54) is 0 Å². The lowest BCUT2D eigenvalue weighted by atomic mass is 9.97. The molecular weight excluding hydrogens is 322 g/mol. The first-order chi connectivity index (χ1) is 12.0. The third-order valence-corrected chi connectivity index (χ3v) is 4.37. The first-order valence-electron chi connectivity index (χ1n) is 8.93. The average Bonchev–Trinajstić information content (AvgIpc) is 2.61. The van der Waals surface area contributed by atoms with Crippen molar-refractivity contribution in [1.29, 1.82) is 0 Å². The molecule has 1 unspecified atom stereocenters. The molecule has 1 N–H and O–H groups in total. The van der Waals surface area contributed by atoms with Crippen LogP contribution in [0.2, 0.25) is 0 Å². The largest absolute Gasteiger partial charge is 0.494 e. The molecule has 0 saturated carbocycles. The number of carboxylic acids is 1. The van der Waals surface area contributed by atoms with Crippen LogP contribution < -0.4 is 9.47 Å². The minimum atomic E-state index is -0.749. The Bertz CT molecular complexity index is 601. The minimum Gasteiger partial charge on any atom is -0.494 e. The van der Waals surface area contributed by atoms with E-state index >= 15 is 0 Å². The fourth-order valence-electron chi connectivity index (χ4n) is 3.12. The highest BCUT2D eigenvalue weighted by Crippen LogP contribution is 2.26. The van der Waals surface area contributed by atoms with Crippen LogP contribution in [0, 0.1) is 5.92 Å². The first kappa shape index (κ1) is 19.2. The molecule has 1 atom stereocenters. The number of nitrogens with zero attached hydrogens (tertiary/aromatic N) is 1. The fraction of sp³-hybridized carbons (Fsp3) is 0.579. The van der Waals surface area contributed by atoms with Gasteiger partial charge in [0.1, 0.15) is 11.5 Å². The van der Waals surface area contributed by atoms with Crippen LogP contribution in [0.15, 0.2) is 18.2 Å². The van der Waals surface area contributed by atoms with Crippen LogP contribution in [0.1, 0.15) is 43.5 Å². The summed E-state index contributed by atoms with van der Waals surface area (Å²) in [6, 6.07) is 5.27. The molecule has 2 rings (SSSR count). The van der Waals surface area contributed by atoms with E-state index in [0.717, 1.165) is 13.0 Å². The van der Waals surface area contributed by atoms with Gasteiger partial charge < -0.3 is 19.5 Å². The molecule has 138 valence electrons. The van der Waals surface area contributed by atoms with Crippen molar-refractivity contribution in [3.05, 3.63) is 23.8 Å². The van der Waals surface area contributed by atoms with E-state index in [-0.39, 0.29) is 11.7 Å². The van der Waals surface area contributed by atoms with Crippen molar-refractivity contribution < 1.29 is 24.2 Å². The van der Waals surface area contributed by atoms with Crippen molar-refractivity contribution in [2.24, 2.45) is 5.92 Å². The van der Waals surface area contributed by atoms with E-state index in [2.05, 4.69) is 4.90 Å². The summed E-state index contributed by atoms with van der Waals surface area (Å²) >= 11 is 0. The summed E-state index contributed by atoms with van der Waals surface area (Å²) < 4.78 is 11.1. The van der Waals surface area contributed by atoms with Gasteiger partial charge in [0, 0.05) is 25.6 Å². The lowest BCUT2D eigenvalue weighted by Gasteiger charge is -2.30. The Morgan fingerprint density at radius 2 is 2.00 bits per heavy atom. The van der Waals surface area contributed by atoms with Crippen LogP contribution in [-0.4, -0.2) is 54.6 Å². The maximum atomic E-state index is 12.6. The Hall–Kier alpha value is -2.08. The summed E-state index contributed by atoms with van der Waals surface area (Å²) in [5, 5.41) is 9.15. The number of ketones is 1. The molecule has 1 aliphatic heterocycles. The van der Waals surface area contributed by atoms with Gasteiger partial charge in [-0.2, -0.15) is 0 Å². The third kappa shape index (κ3) is 5.46. The Morgan fingerprint density at radius 3 is 2.68 bits per heavy atom. The summed E-state index contributed by atoms with van der Waals surface area (Å²) in [5.41, 5.74) is 0.553. The number of piperidine rings is 1. The molecule has 6 nitrogen and oxygen atoms in total. The monoisotopic (exact) mass is 349 g/mol. The Morgan fingerprint density at radius 1 is 1.24 bits per heavy atom. The minimum absolute atomic E-state index is 0.00365. The summed E-state index contributed by atoms with van der Waals surface area (Å²) in [6.45, 7) is 6.74. The van der Waals surface area contributed by atoms with Crippen molar-refractivity contribution in [3.63, 3.8) is 0 Å². The number of Topliss-reactive ketones (excluding diaryl/α,β-unsaturated/α-hetero) is 1. The highest BCUT2D eigenvalue weighted by molar-refractivity contribution is 5.99. The van der Waals surface area contributed by atoms with Crippen molar-refractivity contribution in [3.8, 4) is 11.5 Å². The summed E-state index contributed by atoms with van der Waals surface area (Å²) in [5.74, 6) is 0.154. The standard InChI is InChI=1S/C19H27NO5/c1-3-24-15-7-8-16(18(12-15)25-4-2)17(21)9-11-20-10-5-6-14(13-20)19(22)23/h7-8,12,14H,3-6,9-11,13H2,1-2H3,(H,22,23). The number of carbonyl (C=O) groups excluding carboxylic acids is 1. The second-order valence-corrected chi connectivity index (χ2v) is 6.18. The number of hydrogen-bond donors (Lipinski definition) is 1. The normalized spacial score (nSPS) is 17.9. The molecule has 0 aliphatic carbocycles. The molecule has 1 fully saturated rings. The number of ether oxygens (including phenoxy) is 2. The number of carboxylic acid groups (broad SMARTS) is 1. The Kier molecular flexibility index (Phi) is 7.25. The van der Waals surface area contributed by atoms with E-state index < -0.39 is 5.97 Å². The topological polar surface area (TPSA) is 76.1 Å². The van der Waals surface area contributed by atoms with Crippen molar-refractivity contribution >= 4 is 11.8 Å². The SMILES string of the molecule is CCOc1ccc(C(=O)CCN2CCCC(C(=O)O)C2)c(OCC)c1. The van der Waals surface area contributed by atoms with Crippen molar-refractivity contribution in [2.75, 3.05) is 32.8 Å². The lowest BCUT2D eigenvalue weighted by Crippen LogP contribution is -2.39. The number of carbonyl (C=O) groups is 2. The van der Waals surface area contributed by atoms with Gasteiger partial charge in [0.15, 0.2) is 5.78 Å². The molecule has 0 radical (unpaired) electrons. The van der Waals surface area contributed by atoms with E-state index in [9.17, 15) is 9.59 Å². The summed E-state index contributed by atoms with van der Waals surface area (Å²) in [6.07, 6.45) is 1.92. The maximum absolute atomic E-state index is 12.6. The van der Waals surface area contributed by atoms with Crippen LogP contribution >= 0.6 is 0 Å². The zero-order valence-corrected chi connectivity index (χ0v) is 15.0. The highest BCUT2D eigenvalue weighted by Gasteiger charge is 2.25. The maximum Gasteiger partial charge on any atom is 0.307 e. The summed E-state index contributed by atoms with van der Waals surface area (Å²) in [7, 11) is 0. The zero-order valence-electron chi connectivity index (χ0n) is 15.0. The van der Waals surface area contributed by atoms with Crippen LogP contribution in [0.25, 0.3) is 0 Å². The molecule has 0 spiro atoms. The predicted molar refractivity (Wildman–Crippen MR) is 94.5 cm³/mol. The van der Waals surface area contributed by atoms with E-state index in [4.69, 9.17) is 14.6 Å². The van der Waals surface area contributed by atoms with Crippen LogP contribution in [0.4, 0.5) is 0 Å². The Balaban J connectivity index is 1.98. The molecule has 1 saturated heterocycles. The molecule has 6 heteroatoms. The van der Waals surface area contributed by atoms with Gasteiger partial charge in [-0.15, -0.1) is 0 Å². The molecule has 0 bridgehead atoms. The van der Waals surface area contributed by atoms with Gasteiger partial charge in [0.05, 0.1) is 24.7 Å². The quantitative estimate of drug-likeness (QED) is 0.691. The highest BCUT2D eigenvalue weighted by atomic mass is 16.5. The second kappa shape index (κ2) is 9.42. The number of aliphatic carboxylic acids is 1. The molecular formula is C19H27NO5. The molecule has 1 heterocycles. The van der Waals surface area contributed by atoms with Crippen molar-refractivity contribution in [2.45, 2.75) is 33.1 Å². The predicted octanol–water partition coefficient (Wildman–Crippen LogP) is 2.85. The van der Waals surface area contributed by atoms with Gasteiger partial charge in [-0.3, -0.25) is 9.59 Å². The molecule has 1 aromatic carbocycles. The molecule has 1 aliphatic rings. The smallest absolute Gasteiger partial charge is 0.307 e. The zero-order chi connectivity index (χ0) is 18.2. The van der Waals surface area contributed by atoms with E-state index in [1.54, 1.807) is 18.2 Å². The fourth-order valence-corrected chi connectivity index (χ4v) is 3.12. The van der Waals surface area contributed by atoms with Crippen molar-refractivity contribution in [1.82, 2.24) is 4.90 Å². The number of rotatable bonds is 9. The van der Waals surface area contributed by atoms with Gasteiger partial charge in [-0.1, -0.05) is 0 Å². The number of benzene rings is 1. The lowest BCUT2D eigenvalue weighted by molar-refractivity contribution is -0.143. The number of hydrogen-bond acceptors (Lipinski definition) is 5. The second-order valence-electron chi connectivity index (χ2n) is 6.18. The Labute approximate surface area is 148 Å². The van der Waals surface area contributed by atoms with Gasteiger partial charge in [0.25, 0.3) is 0 Å². The van der Waals surface area contributed by atoms with Crippen LogP contribution in [0.5, 0.6) is 11.5 Å². The molecule has 0 aromatic heterocycles. The molecule has 25 heavy (non-hydrogen) atoms. The first-order valence-corrected chi connectivity index (χ1v) is 8.93. The van der Waals surface area contributed by atoms with Gasteiger partial charge in [0.2, 0.25) is 0 Å². The van der Waals surface area contributed by atoms with Gasteiger partial charge in [-0.05, 0) is 45.4 Å². The molecule has 1 aromatic rings. The number of likely N-dealkylation sites (tertiary alicyclic amines) is 1. The van der Waals surface area contributed by atoms with E-state index in [0.29, 0.717) is 56.2 Å². The summed E-state index contributed by atoms with van der Waals surface area (Å²) in [4.78, 5) is 25.8.